The third-order valence-corrected chi connectivity index (χ3v) is 6.21. The van der Waals surface area contributed by atoms with Crippen molar-refractivity contribution in [1.82, 2.24) is 10.2 Å². The van der Waals surface area contributed by atoms with Gasteiger partial charge in [0.2, 0.25) is 11.7 Å². The van der Waals surface area contributed by atoms with Crippen LogP contribution in [0.5, 0.6) is 11.5 Å². The Morgan fingerprint density at radius 1 is 1.03 bits per heavy atom. The fourth-order valence-corrected chi connectivity index (χ4v) is 4.11. The predicted octanol–water partition coefficient (Wildman–Crippen LogP) is 4.91. The molecule has 3 aromatic rings. The normalized spacial score (nSPS) is 11.5. The number of hydrogen-bond donors (Lipinski definition) is 1. The molecule has 0 spiro atoms. The van der Waals surface area contributed by atoms with E-state index in [-0.39, 0.29) is 42.3 Å². The number of halogens is 1. The number of hydrogen-bond acceptors (Lipinski definition) is 6. The lowest BCUT2D eigenvalue weighted by molar-refractivity contribution is -0.385. The van der Waals surface area contributed by atoms with E-state index in [1.807, 2.05) is 68.4 Å². The van der Waals surface area contributed by atoms with Gasteiger partial charge in [-0.05, 0) is 43.2 Å². The largest absolute Gasteiger partial charge is 0.490 e. The van der Waals surface area contributed by atoms with Crippen molar-refractivity contribution in [3.8, 4) is 11.5 Å². The van der Waals surface area contributed by atoms with Crippen LogP contribution in [0.3, 0.4) is 0 Å². The second-order valence-electron chi connectivity index (χ2n) is 8.90. The number of rotatable bonds is 12. The Morgan fingerprint density at radius 2 is 1.71 bits per heavy atom. The topological polar surface area (TPSA) is 111 Å². The molecule has 1 N–H and O–H groups in total. The molecule has 0 heterocycles. The number of carbonyl (C=O) groups excluding carboxylic acids is 2. The molecule has 10 heteroatoms. The van der Waals surface area contributed by atoms with Crippen molar-refractivity contribution in [2.24, 2.45) is 0 Å². The highest BCUT2D eigenvalue weighted by molar-refractivity contribution is 9.10. The molecule has 0 aliphatic carbocycles. The summed E-state index contributed by atoms with van der Waals surface area (Å²) in [5, 5.41) is 14.1. The number of nitrogens with one attached hydrogen (secondary N) is 1. The summed E-state index contributed by atoms with van der Waals surface area (Å²) in [6.45, 7) is 3.53. The number of methoxy groups -OCH3 is 1. The molecular formula is C28H30BrN3O6. The maximum atomic E-state index is 13.6. The number of benzene rings is 3. The second kappa shape index (κ2) is 13.6. The van der Waals surface area contributed by atoms with E-state index >= 15 is 0 Å². The first-order valence-corrected chi connectivity index (χ1v) is 12.8. The molecule has 9 nitrogen and oxygen atoms in total. The van der Waals surface area contributed by atoms with Crippen LogP contribution in [0.4, 0.5) is 5.69 Å². The van der Waals surface area contributed by atoms with Gasteiger partial charge in [-0.15, -0.1) is 0 Å². The average molecular weight is 584 g/mol. The second-order valence-corrected chi connectivity index (χ2v) is 9.81. The molecule has 200 valence electrons. The molecule has 2 amide bonds. The molecule has 0 aromatic heterocycles. The zero-order valence-corrected chi connectivity index (χ0v) is 23.0. The molecule has 0 saturated heterocycles. The van der Waals surface area contributed by atoms with Crippen LogP contribution in [0.25, 0.3) is 0 Å². The Kier molecular flexibility index (Phi) is 10.2. The van der Waals surface area contributed by atoms with E-state index in [9.17, 15) is 19.7 Å². The summed E-state index contributed by atoms with van der Waals surface area (Å²) < 4.78 is 11.7. The average Bonchev–Trinajstić information content (AvgIpc) is 2.90. The van der Waals surface area contributed by atoms with Crippen molar-refractivity contribution < 1.29 is 24.0 Å². The highest BCUT2D eigenvalue weighted by atomic mass is 79.9. The van der Waals surface area contributed by atoms with Gasteiger partial charge in [-0.25, -0.2) is 0 Å². The molecule has 0 bridgehead atoms. The van der Waals surface area contributed by atoms with Gasteiger partial charge in [0.25, 0.3) is 5.91 Å². The summed E-state index contributed by atoms with van der Waals surface area (Å²) in [7, 11) is 1.32. The van der Waals surface area contributed by atoms with E-state index in [1.165, 1.54) is 30.2 Å². The summed E-state index contributed by atoms with van der Waals surface area (Å²) in [5.74, 6) is -0.433. The highest BCUT2D eigenvalue weighted by Crippen LogP contribution is 2.31. The van der Waals surface area contributed by atoms with Crippen molar-refractivity contribution in [1.29, 1.82) is 0 Å². The van der Waals surface area contributed by atoms with E-state index in [0.717, 1.165) is 15.6 Å². The van der Waals surface area contributed by atoms with Gasteiger partial charge < -0.3 is 19.7 Å². The van der Waals surface area contributed by atoms with Crippen molar-refractivity contribution in [3.63, 3.8) is 0 Å². The van der Waals surface area contributed by atoms with Gasteiger partial charge in [0.1, 0.15) is 11.8 Å². The fraction of sp³-hybridized carbons (Fsp3) is 0.286. The van der Waals surface area contributed by atoms with Gasteiger partial charge in [-0.2, -0.15) is 0 Å². The lowest BCUT2D eigenvalue weighted by Gasteiger charge is -2.32. The smallest absolute Gasteiger partial charge is 0.311 e. The minimum atomic E-state index is -0.800. The summed E-state index contributed by atoms with van der Waals surface area (Å²) in [5.41, 5.74) is 1.54. The Bertz CT molecular complexity index is 1250. The third kappa shape index (κ3) is 8.04. The van der Waals surface area contributed by atoms with Crippen LogP contribution >= 0.6 is 15.9 Å². The summed E-state index contributed by atoms with van der Waals surface area (Å²) >= 11 is 3.42. The van der Waals surface area contributed by atoms with Crippen LogP contribution in [-0.4, -0.2) is 47.4 Å². The number of nitro benzene ring substituents is 1. The first-order chi connectivity index (χ1) is 18.2. The number of nitro groups is 1. The first kappa shape index (κ1) is 28.6. The predicted molar refractivity (Wildman–Crippen MR) is 147 cm³/mol. The maximum absolute atomic E-state index is 13.6. The van der Waals surface area contributed by atoms with E-state index in [0.29, 0.717) is 6.42 Å². The lowest BCUT2D eigenvalue weighted by atomic mass is 10.0. The highest BCUT2D eigenvalue weighted by Gasteiger charge is 2.31. The van der Waals surface area contributed by atoms with Crippen molar-refractivity contribution in [2.75, 3.05) is 13.7 Å². The van der Waals surface area contributed by atoms with Crippen LogP contribution < -0.4 is 14.8 Å². The SMILES string of the molecule is COc1cc(OCC(=O)N(Cc2ccc(Br)cc2)[C@H](Cc2ccccc2)C(=O)NC(C)C)ccc1[N+](=O)[O-]. The Hall–Kier alpha value is -3.92. The van der Waals surface area contributed by atoms with Gasteiger partial charge in [0.15, 0.2) is 6.61 Å². The number of amides is 2. The van der Waals surface area contributed by atoms with Crippen molar-refractivity contribution in [3.05, 3.63) is 98.5 Å². The minimum absolute atomic E-state index is 0.0185. The molecular weight excluding hydrogens is 554 g/mol. The van der Waals surface area contributed by atoms with E-state index < -0.39 is 16.9 Å². The van der Waals surface area contributed by atoms with Crippen LogP contribution in [-0.2, 0) is 22.6 Å². The molecule has 3 aromatic carbocycles. The summed E-state index contributed by atoms with van der Waals surface area (Å²) in [6, 6.07) is 20.1. The van der Waals surface area contributed by atoms with Crippen LogP contribution in [0, 0.1) is 10.1 Å². The minimum Gasteiger partial charge on any atom is -0.490 e. The molecule has 0 aliphatic heterocycles. The zero-order chi connectivity index (χ0) is 27.7. The third-order valence-electron chi connectivity index (χ3n) is 5.68. The van der Waals surface area contributed by atoms with Gasteiger partial charge in [0.05, 0.1) is 12.0 Å². The van der Waals surface area contributed by atoms with Crippen LogP contribution in [0.2, 0.25) is 0 Å². The number of carbonyl (C=O) groups is 2. The first-order valence-electron chi connectivity index (χ1n) is 12.0. The zero-order valence-electron chi connectivity index (χ0n) is 21.4. The van der Waals surface area contributed by atoms with E-state index in [2.05, 4.69) is 21.2 Å². The van der Waals surface area contributed by atoms with Crippen LogP contribution in [0.1, 0.15) is 25.0 Å². The lowest BCUT2D eigenvalue weighted by Crippen LogP contribution is -2.52. The number of ether oxygens (including phenoxy) is 2. The summed E-state index contributed by atoms with van der Waals surface area (Å²) in [4.78, 5) is 39.1. The van der Waals surface area contributed by atoms with Gasteiger partial charge in [-0.3, -0.25) is 19.7 Å². The van der Waals surface area contributed by atoms with Crippen molar-refractivity contribution >= 4 is 33.4 Å². The Balaban J connectivity index is 1.90. The molecule has 0 aliphatic rings. The Morgan fingerprint density at radius 3 is 2.32 bits per heavy atom. The van der Waals surface area contributed by atoms with E-state index in [4.69, 9.17) is 9.47 Å². The molecule has 0 fully saturated rings. The monoisotopic (exact) mass is 583 g/mol. The van der Waals surface area contributed by atoms with Gasteiger partial charge in [-0.1, -0.05) is 58.4 Å². The number of nitrogens with zero attached hydrogens (tertiary/aromatic N) is 2. The van der Waals surface area contributed by atoms with Gasteiger partial charge >= 0.3 is 5.69 Å². The molecule has 0 saturated carbocycles. The Labute approximate surface area is 230 Å². The van der Waals surface area contributed by atoms with Crippen LogP contribution in [0.15, 0.2) is 77.3 Å². The summed E-state index contributed by atoms with van der Waals surface area (Å²) in [6.07, 6.45) is 0.313. The standard InChI is InChI=1S/C28H30BrN3O6/c1-19(2)30-28(34)25(15-20-7-5-4-6-8-20)31(17-21-9-11-22(29)12-10-21)27(33)18-38-23-13-14-24(32(35)36)26(16-23)37-3/h4-14,16,19,25H,15,17-18H2,1-3H3,(H,30,34)/t25-/m1/s1. The van der Waals surface area contributed by atoms with E-state index in [1.54, 1.807) is 0 Å². The molecule has 0 radical (unpaired) electrons. The molecule has 1 atom stereocenters. The fourth-order valence-electron chi connectivity index (χ4n) is 3.85. The molecule has 3 rings (SSSR count). The maximum Gasteiger partial charge on any atom is 0.311 e. The van der Waals surface area contributed by atoms with Gasteiger partial charge in [0, 0.05) is 35.6 Å². The van der Waals surface area contributed by atoms with Crippen molar-refractivity contribution in [2.45, 2.75) is 38.9 Å². The molecule has 38 heavy (non-hydrogen) atoms. The quantitative estimate of drug-likeness (QED) is 0.239. The molecule has 0 unspecified atom stereocenters.